The van der Waals surface area contributed by atoms with Crippen LogP contribution < -0.4 is 0 Å². The molecule has 1 rings (SSSR count). The zero-order valence-corrected chi connectivity index (χ0v) is 5.84. The summed E-state index contributed by atoms with van der Waals surface area (Å²) in [4.78, 5) is 10.4. The van der Waals surface area contributed by atoms with E-state index < -0.39 is 12.6 Å². The van der Waals surface area contributed by atoms with Gasteiger partial charge in [-0.3, -0.25) is 0 Å². The van der Waals surface area contributed by atoms with Crippen LogP contribution in [0.25, 0.3) is 0 Å². The summed E-state index contributed by atoms with van der Waals surface area (Å²) in [6, 6.07) is 0. The SMILES string of the molecule is [O]CC(=O)OC1CCCC1. The van der Waals surface area contributed by atoms with E-state index in [0.29, 0.717) is 0 Å². The zero-order valence-electron chi connectivity index (χ0n) is 5.84. The van der Waals surface area contributed by atoms with Crippen molar-refractivity contribution in [2.45, 2.75) is 31.8 Å². The maximum absolute atomic E-state index is 10.4. The van der Waals surface area contributed by atoms with Gasteiger partial charge in [-0.2, -0.15) is 0 Å². The highest BCUT2D eigenvalue weighted by Crippen LogP contribution is 2.20. The smallest absolute Gasteiger partial charge is 0.335 e. The number of carbonyl (C=O) groups excluding carboxylic acids is 1. The van der Waals surface area contributed by atoms with Crippen molar-refractivity contribution in [3.8, 4) is 0 Å². The van der Waals surface area contributed by atoms with E-state index in [1.165, 1.54) is 0 Å². The molecule has 0 aromatic heterocycles. The van der Waals surface area contributed by atoms with Gasteiger partial charge in [0.25, 0.3) is 0 Å². The highest BCUT2D eigenvalue weighted by atomic mass is 16.6. The van der Waals surface area contributed by atoms with Crippen LogP contribution in [-0.2, 0) is 14.6 Å². The Morgan fingerprint density at radius 3 is 2.50 bits per heavy atom. The van der Waals surface area contributed by atoms with Crippen molar-refractivity contribution in [2.75, 3.05) is 6.61 Å². The van der Waals surface area contributed by atoms with Crippen LogP contribution in [0, 0.1) is 0 Å². The second-order valence-corrected chi connectivity index (χ2v) is 2.54. The molecule has 1 radical (unpaired) electrons. The minimum Gasteiger partial charge on any atom is -0.461 e. The summed E-state index contributed by atoms with van der Waals surface area (Å²) in [7, 11) is 0. The van der Waals surface area contributed by atoms with Gasteiger partial charge in [-0.15, -0.1) is 0 Å². The van der Waals surface area contributed by atoms with Crippen molar-refractivity contribution in [1.82, 2.24) is 0 Å². The minimum atomic E-state index is -0.740. The molecule has 1 fully saturated rings. The summed E-state index contributed by atoms with van der Waals surface area (Å²) in [6.45, 7) is -0.740. The van der Waals surface area contributed by atoms with Gasteiger partial charge in [0.05, 0.1) is 0 Å². The summed E-state index contributed by atoms with van der Waals surface area (Å²) in [6.07, 6.45) is 4.16. The molecule has 3 heteroatoms. The quantitative estimate of drug-likeness (QED) is 0.539. The van der Waals surface area contributed by atoms with E-state index in [0.717, 1.165) is 25.7 Å². The molecule has 0 atom stereocenters. The van der Waals surface area contributed by atoms with Gasteiger partial charge in [-0.25, -0.2) is 9.90 Å². The molecule has 1 aliphatic carbocycles. The fourth-order valence-corrected chi connectivity index (χ4v) is 1.23. The monoisotopic (exact) mass is 143 g/mol. The van der Waals surface area contributed by atoms with Gasteiger partial charge in [0.2, 0.25) is 0 Å². The predicted molar refractivity (Wildman–Crippen MR) is 33.9 cm³/mol. The lowest BCUT2D eigenvalue weighted by molar-refractivity contribution is -0.154. The van der Waals surface area contributed by atoms with Crippen LogP contribution in [0.1, 0.15) is 25.7 Å². The summed E-state index contributed by atoms with van der Waals surface area (Å²) < 4.78 is 4.81. The second-order valence-electron chi connectivity index (χ2n) is 2.54. The first-order valence-corrected chi connectivity index (χ1v) is 3.60. The molecule has 57 valence electrons. The van der Waals surface area contributed by atoms with Crippen molar-refractivity contribution in [2.24, 2.45) is 0 Å². The maximum Gasteiger partial charge on any atom is 0.335 e. The molecular weight excluding hydrogens is 132 g/mol. The van der Waals surface area contributed by atoms with Crippen molar-refractivity contribution in [3.05, 3.63) is 0 Å². The third-order valence-electron chi connectivity index (χ3n) is 1.72. The Morgan fingerprint density at radius 2 is 2.00 bits per heavy atom. The van der Waals surface area contributed by atoms with Gasteiger partial charge in [0, 0.05) is 0 Å². The number of rotatable bonds is 2. The Kier molecular flexibility index (Phi) is 2.68. The van der Waals surface area contributed by atoms with Crippen LogP contribution in [0.15, 0.2) is 0 Å². The number of hydrogen-bond acceptors (Lipinski definition) is 2. The maximum atomic E-state index is 10.4. The molecule has 1 saturated carbocycles. The number of carbonyl (C=O) groups is 1. The zero-order chi connectivity index (χ0) is 7.40. The molecule has 0 aliphatic heterocycles. The number of hydrogen-bond donors (Lipinski definition) is 0. The highest BCUT2D eigenvalue weighted by molar-refractivity contribution is 5.70. The van der Waals surface area contributed by atoms with E-state index in [-0.39, 0.29) is 6.10 Å². The van der Waals surface area contributed by atoms with E-state index in [1.54, 1.807) is 0 Å². The Hall–Kier alpha value is -0.570. The van der Waals surface area contributed by atoms with Crippen LogP contribution in [0.5, 0.6) is 0 Å². The molecular formula is C7H11O3. The molecule has 0 aromatic carbocycles. The van der Waals surface area contributed by atoms with Gasteiger partial charge in [-0.1, -0.05) is 0 Å². The standard InChI is InChI=1S/C7H11O3/c8-5-7(9)10-6-3-1-2-4-6/h6H,1-5H2. The summed E-state index contributed by atoms with van der Waals surface area (Å²) >= 11 is 0. The Balaban J connectivity index is 2.17. The molecule has 0 aromatic rings. The lowest BCUT2D eigenvalue weighted by atomic mass is 10.3. The summed E-state index contributed by atoms with van der Waals surface area (Å²) in [5.74, 6) is -0.605. The van der Waals surface area contributed by atoms with Gasteiger partial charge < -0.3 is 4.74 Å². The number of esters is 1. The fourth-order valence-electron chi connectivity index (χ4n) is 1.23. The molecule has 3 nitrogen and oxygen atoms in total. The lowest BCUT2D eigenvalue weighted by Gasteiger charge is -2.08. The van der Waals surface area contributed by atoms with E-state index in [1.807, 2.05) is 0 Å². The van der Waals surface area contributed by atoms with E-state index in [2.05, 4.69) is 0 Å². The molecule has 0 heterocycles. The van der Waals surface area contributed by atoms with Gasteiger partial charge >= 0.3 is 5.97 Å². The third-order valence-corrected chi connectivity index (χ3v) is 1.72. The fraction of sp³-hybridized carbons (Fsp3) is 0.857. The Labute approximate surface area is 60.0 Å². The normalized spacial score (nSPS) is 19.3. The van der Waals surface area contributed by atoms with E-state index in [4.69, 9.17) is 4.74 Å². The van der Waals surface area contributed by atoms with Crippen LogP contribution in [0.4, 0.5) is 0 Å². The van der Waals surface area contributed by atoms with Gasteiger partial charge in [0.1, 0.15) is 6.10 Å². The first kappa shape index (κ1) is 7.54. The Morgan fingerprint density at radius 1 is 1.40 bits per heavy atom. The topological polar surface area (TPSA) is 46.2 Å². The molecule has 1 aliphatic rings. The highest BCUT2D eigenvalue weighted by Gasteiger charge is 2.18. The van der Waals surface area contributed by atoms with Gasteiger partial charge in [0.15, 0.2) is 6.61 Å². The molecule has 0 bridgehead atoms. The van der Waals surface area contributed by atoms with Crippen molar-refractivity contribution in [3.63, 3.8) is 0 Å². The van der Waals surface area contributed by atoms with Crippen LogP contribution in [-0.4, -0.2) is 18.7 Å². The number of ether oxygens (including phenoxy) is 1. The molecule has 0 unspecified atom stereocenters. The van der Waals surface area contributed by atoms with Crippen molar-refractivity contribution in [1.29, 1.82) is 0 Å². The Bertz CT molecular complexity index is 116. The molecule has 0 N–H and O–H groups in total. The molecule has 0 amide bonds. The van der Waals surface area contributed by atoms with Crippen LogP contribution in [0.3, 0.4) is 0 Å². The molecule has 0 saturated heterocycles. The average Bonchev–Trinajstić information content (AvgIpc) is 2.40. The molecule has 0 spiro atoms. The van der Waals surface area contributed by atoms with Crippen molar-refractivity contribution < 1.29 is 14.6 Å². The predicted octanol–water partition coefficient (Wildman–Crippen LogP) is 0.903. The van der Waals surface area contributed by atoms with Crippen molar-refractivity contribution >= 4 is 5.97 Å². The van der Waals surface area contributed by atoms with Crippen LogP contribution >= 0.6 is 0 Å². The minimum absolute atomic E-state index is 0.0430. The first-order valence-electron chi connectivity index (χ1n) is 3.60. The van der Waals surface area contributed by atoms with E-state index in [9.17, 15) is 9.90 Å². The second kappa shape index (κ2) is 3.56. The van der Waals surface area contributed by atoms with Crippen LogP contribution in [0.2, 0.25) is 0 Å². The lowest BCUT2D eigenvalue weighted by Crippen LogP contribution is -2.16. The average molecular weight is 143 g/mol. The third kappa shape index (κ3) is 1.99. The summed E-state index contributed by atoms with van der Waals surface area (Å²) in [5, 5.41) is 9.94. The molecule has 10 heavy (non-hydrogen) atoms. The largest absolute Gasteiger partial charge is 0.461 e. The summed E-state index contributed by atoms with van der Waals surface area (Å²) in [5.41, 5.74) is 0. The van der Waals surface area contributed by atoms with Gasteiger partial charge in [-0.05, 0) is 25.7 Å². The van der Waals surface area contributed by atoms with E-state index >= 15 is 0 Å². The first-order chi connectivity index (χ1) is 4.83.